The zero-order valence-electron chi connectivity index (χ0n) is 17.6. The summed E-state index contributed by atoms with van der Waals surface area (Å²) in [4.78, 5) is 4.46. The average Bonchev–Trinajstić information content (AvgIpc) is 3.03. The van der Waals surface area contributed by atoms with Gasteiger partial charge in [-0.15, -0.1) is 0 Å². The molecular formula is C28H30N2. The highest BCUT2D eigenvalue weighted by atomic mass is 15.0. The molecule has 0 spiro atoms. The quantitative estimate of drug-likeness (QED) is 0.470. The fourth-order valence-corrected chi connectivity index (χ4v) is 6.29. The van der Waals surface area contributed by atoms with Crippen LogP contribution in [-0.2, 0) is 12.8 Å². The van der Waals surface area contributed by atoms with Crippen molar-refractivity contribution in [3.63, 3.8) is 0 Å². The molecule has 2 aromatic heterocycles. The van der Waals surface area contributed by atoms with Crippen molar-refractivity contribution in [3.8, 4) is 0 Å². The second-order valence-corrected chi connectivity index (χ2v) is 9.44. The fraction of sp³-hybridized carbons (Fsp3) is 0.393. The van der Waals surface area contributed by atoms with E-state index in [2.05, 4.69) is 70.4 Å². The summed E-state index contributed by atoms with van der Waals surface area (Å²) in [5.41, 5.74) is 7.37. The number of benzene rings is 1. The highest BCUT2D eigenvalue weighted by Gasteiger charge is 2.35. The van der Waals surface area contributed by atoms with Crippen LogP contribution in [0.4, 0.5) is 0 Å². The molecule has 30 heavy (non-hydrogen) atoms. The number of allylic oxidation sites excluding steroid dienone is 4. The molecule has 152 valence electrons. The molecule has 0 amide bonds. The van der Waals surface area contributed by atoms with Crippen molar-refractivity contribution in [1.82, 2.24) is 9.55 Å². The summed E-state index contributed by atoms with van der Waals surface area (Å²) in [7, 11) is 0. The number of nitrogens with zero attached hydrogens (tertiary/aromatic N) is 2. The molecule has 1 saturated carbocycles. The molecule has 3 atom stereocenters. The van der Waals surface area contributed by atoms with Crippen molar-refractivity contribution >= 4 is 16.5 Å². The van der Waals surface area contributed by atoms with E-state index in [1.807, 2.05) is 6.20 Å². The van der Waals surface area contributed by atoms with Gasteiger partial charge >= 0.3 is 0 Å². The molecule has 3 heterocycles. The minimum absolute atomic E-state index is 0.601. The number of rotatable bonds is 4. The third kappa shape index (κ3) is 3.05. The number of aryl methyl sites for hydroxylation is 2. The van der Waals surface area contributed by atoms with Gasteiger partial charge in [0.05, 0.1) is 11.2 Å². The van der Waals surface area contributed by atoms with Crippen LogP contribution in [0.15, 0.2) is 67.0 Å². The number of hydrogen-bond donors (Lipinski definition) is 0. The van der Waals surface area contributed by atoms with E-state index in [-0.39, 0.29) is 0 Å². The molecule has 2 aliphatic carbocycles. The second-order valence-electron chi connectivity index (χ2n) is 9.44. The summed E-state index contributed by atoms with van der Waals surface area (Å²) < 4.78 is 2.71. The van der Waals surface area contributed by atoms with E-state index in [1.54, 1.807) is 0 Å². The first-order chi connectivity index (χ1) is 14.9. The molecule has 0 saturated heterocycles. The number of pyridine rings is 1. The van der Waals surface area contributed by atoms with E-state index >= 15 is 0 Å². The van der Waals surface area contributed by atoms with Crippen molar-refractivity contribution < 1.29 is 0 Å². The first-order valence-corrected chi connectivity index (χ1v) is 11.8. The molecule has 2 heteroatoms. The SMILES string of the molecule is C1=CC2CC(CCCc3ccccc3)CCC2n2c3c(c4cnccc42)CCC=C13. The number of aromatic nitrogens is 2. The predicted molar refractivity (Wildman–Crippen MR) is 124 cm³/mol. The van der Waals surface area contributed by atoms with Gasteiger partial charge in [0, 0.05) is 23.8 Å². The van der Waals surface area contributed by atoms with Gasteiger partial charge in [0.2, 0.25) is 0 Å². The van der Waals surface area contributed by atoms with Gasteiger partial charge in [0.15, 0.2) is 0 Å². The smallest absolute Gasteiger partial charge is 0.0524 e. The summed E-state index contributed by atoms with van der Waals surface area (Å²) in [6.45, 7) is 0. The Kier molecular flexibility index (Phi) is 4.59. The Hall–Kier alpha value is -2.61. The first kappa shape index (κ1) is 18.2. The van der Waals surface area contributed by atoms with E-state index in [1.165, 1.54) is 71.8 Å². The lowest BCUT2D eigenvalue weighted by Crippen LogP contribution is -2.26. The van der Waals surface area contributed by atoms with E-state index in [9.17, 15) is 0 Å². The Labute approximate surface area is 179 Å². The van der Waals surface area contributed by atoms with Crippen molar-refractivity contribution in [1.29, 1.82) is 0 Å². The summed E-state index contributed by atoms with van der Waals surface area (Å²) in [6.07, 6.45) is 21.7. The lowest BCUT2D eigenvalue weighted by atomic mass is 9.76. The summed E-state index contributed by atoms with van der Waals surface area (Å²) >= 11 is 0. The topological polar surface area (TPSA) is 17.8 Å². The molecule has 3 aliphatic rings. The van der Waals surface area contributed by atoms with Crippen LogP contribution in [0.2, 0.25) is 0 Å². The van der Waals surface area contributed by atoms with Crippen LogP contribution in [0.3, 0.4) is 0 Å². The van der Waals surface area contributed by atoms with E-state index < -0.39 is 0 Å². The van der Waals surface area contributed by atoms with Crippen LogP contribution >= 0.6 is 0 Å². The van der Waals surface area contributed by atoms with Gasteiger partial charge in [-0.25, -0.2) is 0 Å². The van der Waals surface area contributed by atoms with Crippen LogP contribution in [0.1, 0.15) is 61.4 Å². The molecule has 1 aliphatic heterocycles. The van der Waals surface area contributed by atoms with E-state index in [4.69, 9.17) is 0 Å². The highest BCUT2D eigenvalue weighted by Crippen LogP contribution is 2.47. The molecule has 2 nitrogen and oxygen atoms in total. The van der Waals surface area contributed by atoms with Crippen LogP contribution < -0.4 is 0 Å². The summed E-state index contributed by atoms with van der Waals surface area (Å²) in [5.74, 6) is 1.52. The zero-order chi connectivity index (χ0) is 19.9. The molecule has 6 rings (SSSR count). The van der Waals surface area contributed by atoms with Crippen LogP contribution in [-0.4, -0.2) is 9.55 Å². The summed E-state index contributed by atoms with van der Waals surface area (Å²) in [6, 6.07) is 13.8. The third-order valence-electron chi connectivity index (χ3n) is 7.69. The van der Waals surface area contributed by atoms with E-state index in [0.717, 1.165) is 18.8 Å². The van der Waals surface area contributed by atoms with Gasteiger partial charge in [-0.1, -0.05) is 55.0 Å². The standard InChI is InChI=1S/C28H30N2/c1-2-6-20(7-3-1)8-4-9-21-12-15-26-23(18-21)14-13-22-10-5-11-24-25-19-29-17-16-27(25)30(26)28(22)24/h1-3,6-7,10,13-14,16-17,19,21,23,26H,4-5,8-9,11-12,15,18H2. The molecule has 0 N–H and O–H groups in total. The molecule has 3 aromatic rings. The van der Waals surface area contributed by atoms with Crippen LogP contribution in [0.5, 0.6) is 0 Å². The Morgan fingerprint density at radius 3 is 2.93 bits per heavy atom. The van der Waals surface area contributed by atoms with Gasteiger partial charge in [-0.2, -0.15) is 0 Å². The van der Waals surface area contributed by atoms with E-state index in [0.29, 0.717) is 12.0 Å². The predicted octanol–water partition coefficient (Wildman–Crippen LogP) is 6.92. The summed E-state index contributed by atoms with van der Waals surface area (Å²) in [5, 5.41) is 1.39. The van der Waals surface area contributed by atoms with Crippen molar-refractivity contribution in [3.05, 3.63) is 83.8 Å². The normalized spacial score (nSPS) is 24.8. The number of fused-ring (bicyclic) bond motifs is 5. The highest BCUT2D eigenvalue weighted by molar-refractivity contribution is 5.92. The monoisotopic (exact) mass is 394 g/mol. The van der Waals surface area contributed by atoms with Gasteiger partial charge in [0.1, 0.15) is 0 Å². The molecule has 0 bridgehead atoms. The fourth-order valence-electron chi connectivity index (χ4n) is 6.29. The van der Waals surface area contributed by atoms with Gasteiger partial charge in [-0.3, -0.25) is 4.98 Å². The third-order valence-corrected chi connectivity index (χ3v) is 7.69. The first-order valence-electron chi connectivity index (χ1n) is 11.8. The molecule has 0 radical (unpaired) electrons. The largest absolute Gasteiger partial charge is 0.336 e. The molecule has 3 unspecified atom stereocenters. The maximum atomic E-state index is 4.46. The van der Waals surface area contributed by atoms with Crippen molar-refractivity contribution in [2.45, 2.75) is 57.4 Å². The molecule has 1 fully saturated rings. The minimum Gasteiger partial charge on any atom is -0.336 e. The minimum atomic E-state index is 0.601. The lowest BCUT2D eigenvalue weighted by Gasteiger charge is -2.36. The Balaban J connectivity index is 1.26. The Morgan fingerprint density at radius 1 is 1.07 bits per heavy atom. The van der Waals surface area contributed by atoms with Crippen molar-refractivity contribution in [2.75, 3.05) is 0 Å². The second kappa shape index (κ2) is 7.58. The maximum absolute atomic E-state index is 4.46. The maximum Gasteiger partial charge on any atom is 0.0524 e. The van der Waals surface area contributed by atoms with Crippen LogP contribution in [0, 0.1) is 11.8 Å². The Bertz CT molecular complexity index is 1120. The molecule has 1 aromatic carbocycles. The van der Waals surface area contributed by atoms with Gasteiger partial charge in [-0.05, 0) is 79.5 Å². The lowest BCUT2D eigenvalue weighted by molar-refractivity contribution is 0.212. The van der Waals surface area contributed by atoms with Gasteiger partial charge in [0.25, 0.3) is 0 Å². The average molecular weight is 395 g/mol. The number of hydrogen-bond acceptors (Lipinski definition) is 1. The zero-order valence-corrected chi connectivity index (χ0v) is 17.6. The van der Waals surface area contributed by atoms with Gasteiger partial charge < -0.3 is 4.57 Å². The Morgan fingerprint density at radius 2 is 2.00 bits per heavy atom. The molecular weight excluding hydrogens is 364 g/mol. The van der Waals surface area contributed by atoms with Crippen molar-refractivity contribution in [2.24, 2.45) is 11.8 Å². The van der Waals surface area contributed by atoms with Crippen LogP contribution in [0.25, 0.3) is 16.5 Å².